The number of nitrogens with one attached hydrogen (secondary N) is 1. The van der Waals surface area contributed by atoms with Gasteiger partial charge in [0.2, 0.25) is 0 Å². The Morgan fingerprint density at radius 2 is 2.38 bits per heavy atom. The van der Waals surface area contributed by atoms with Crippen molar-refractivity contribution in [1.82, 2.24) is 9.97 Å². The molecule has 0 saturated heterocycles. The van der Waals surface area contributed by atoms with Crippen LogP contribution in [0.2, 0.25) is 5.15 Å². The lowest BCUT2D eigenvalue weighted by Crippen LogP contribution is -2.11. The van der Waals surface area contributed by atoms with Crippen LogP contribution in [0.15, 0.2) is 23.7 Å². The summed E-state index contributed by atoms with van der Waals surface area (Å²) in [6.45, 7) is 1.87. The van der Waals surface area contributed by atoms with Gasteiger partial charge in [-0.1, -0.05) is 11.6 Å². The van der Waals surface area contributed by atoms with Gasteiger partial charge in [0.05, 0.1) is 5.69 Å². The molecule has 2 aromatic heterocycles. The first kappa shape index (κ1) is 11.0. The van der Waals surface area contributed by atoms with E-state index in [9.17, 15) is 4.79 Å². The van der Waals surface area contributed by atoms with E-state index in [2.05, 4.69) is 15.3 Å². The van der Waals surface area contributed by atoms with Crippen LogP contribution >= 0.6 is 22.9 Å². The molecule has 0 spiro atoms. The van der Waals surface area contributed by atoms with Crippen LogP contribution in [0.5, 0.6) is 0 Å². The highest BCUT2D eigenvalue weighted by molar-refractivity contribution is 7.13. The summed E-state index contributed by atoms with van der Waals surface area (Å²) in [5.74, 6) is -0.237. The van der Waals surface area contributed by atoms with Crippen LogP contribution in [0.3, 0.4) is 0 Å². The molecule has 0 aromatic carbocycles. The third-order valence-corrected chi connectivity index (χ3v) is 2.91. The number of hydrogen-bond donors (Lipinski definition) is 1. The average Bonchev–Trinajstić information content (AvgIpc) is 2.64. The Hall–Kier alpha value is -1.46. The summed E-state index contributed by atoms with van der Waals surface area (Å²) in [6, 6.07) is 3.11. The topological polar surface area (TPSA) is 54.9 Å². The Balaban J connectivity index is 2.14. The van der Waals surface area contributed by atoms with Gasteiger partial charge in [0.25, 0.3) is 5.91 Å². The van der Waals surface area contributed by atoms with E-state index in [0.717, 1.165) is 5.69 Å². The zero-order valence-corrected chi connectivity index (χ0v) is 9.97. The number of rotatable bonds is 2. The lowest BCUT2D eigenvalue weighted by atomic mass is 10.2. The molecule has 0 atom stereocenters. The van der Waals surface area contributed by atoms with E-state index < -0.39 is 0 Å². The first-order valence-electron chi connectivity index (χ1n) is 4.50. The minimum Gasteiger partial charge on any atom is -0.298 e. The minimum absolute atomic E-state index is 0.237. The number of carbonyl (C=O) groups excluding carboxylic acids is 1. The van der Waals surface area contributed by atoms with Crippen LogP contribution in [-0.4, -0.2) is 15.9 Å². The molecule has 6 heteroatoms. The normalized spacial score (nSPS) is 10.1. The van der Waals surface area contributed by atoms with Gasteiger partial charge in [0.1, 0.15) is 5.15 Å². The second-order valence-corrected chi connectivity index (χ2v) is 4.36. The zero-order chi connectivity index (χ0) is 11.5. The van der Waals surface area contributed by atoms with Crippen LogP contribution in [-0.2, 0) is 0 Å². The Labute approximate surface area is 101 Å². The molecule has 0 fully saturated rings. The van der Waals surface area contributed by atoms with Crippen molar-refractivity contribution in [2.75, 3.05) is 5.32 Å². The van der Waals surface area contributed by atoms with Crippen molar-refractivity contribution in [3.8, 4) is 0 Å². The number of nitrogens with zero attached hydrogens (tertiary/aromatic N) is 2. The summed E-state index contributed by atoms with van der Waals surface area (Å²) in [4.78, 5) is 19.7. The maximum atomic E-state index is 11.7. The Morgan fingerprint density at radius 3 is 3.00 bits per heavy atom. The van der Waals surface area contributed by atoms with Gasteiger partial charge in [0, 0.05) is 17.1 Å². The molecule has 0 radical (unpaired) electrons. The van der Waals surface area contributed by atoms with Crippen LogP contribution in [0, 0.1) is 6.92 Å². The molecule has 82 valence electrons. The van der Waals surface area contributed by atoms with E-state index in [1.54, 1.807) is 6.07 Å². The molecule has 2 rings (SSSR count). The number of thiazole rings is 1. The number of hydrogen-bond acceptors (Lipinski definition) is 4. The van der Waals surface area contributed by atoms with Crippen LogP contribution in [0.4, 0.5) is 5.13 Å². The van der Waals surface area contributed by atoms with Crippen molar-refractivity contribution in [1.29, 1.82) is 0 Å². The highest BCUT2D eigenvalue weighted by Gasteiger charge is 2.08. The van der Waals surface area contributed by atoms with E-state index in [-0.39, 0.29) is 5.91 Å². The molecule has 16 heavy (non-hydrogen) atoms. The number of anilines is 1. The van der Waals surface area contributed by atoms with Crippen molar-refractivity contribution in [3.63, 3.8) is 0 Å². The fourth-order valence-electron chi connectivity index (χ4n) is 1.12. The largest absolute Gasteiger partial charge is 0.298 e. The fourth-order valence-corrected chi connectivity index (χ4v) is 1.98. The van der Waals surface area contributed by atoms with Crippen molar-refractivity contribution in [3.05, 3.63) is 40.1 Å². The smallest absolute Gasteiger partial charge is 0.257 e. The molecule has 0 aliphatic carbocycles. The second-order valence-electron chi connectivity index (χ2n) is 3.12. The van der Waals surface area contributed by atoms with Crippen molar-refractivity contribution in [2.24, 2.45) is 0 Å². The molecule has 0 saturated carbocycles. The summed E-state index contributed by atoms with van der Waals surface area (Å²) in [5.41, 5.74) is 1.35. The summed E-state index contributed by atoms with van der Waals surface area (Å²) >= 11 is 7.08. The van der Waals surface area contributed by atoms with Crippen molar-refractivity contribution < 1.29 is 4.79 Å². The number of halogens is 1. The highest BCUT2D eigenvalue weighted by Crippen LogP contribution is 2.16. The van der Waals surface area contributed by atoms with E-state index in [1.165, 1.54) is 23.6 Å². The summed E-state index contributed by atoms with van der Waals surface area (Å²) in [7, 11) is 0. The van der Waals surface area contributed by atoms with Gasteiger partial charge < -0.3 is 0 Å². The molecular weight excluding hydrogens is 246 g/mol. The predicted octanol–water partition coefficient (Wildman–Crippen LogP) is 2.75. The quantitative estimate of drug-likeness (QED) is 0.838. The lowest BCUT2D eigenvalue weighted by Gasteiger charge is -2.01. The maximum absolute atomic E-state index is 11.7. The lowest BCUT2D eigenvalue weighted by molar-refractivity contribution is 0.102. The third-order valence-electron chi connectivity index (χ3n) is 1.83. The van der Waals surface area contributed by atoms with Crippen LogP contribution in [0.1, 0.15) is 16.1 Å². The number of aromatic nitrogens is 2. The zero-order valence-electron chi connectivity index (χ0n) is 8.40. The molecular formula is C10H8ClN3OS. The monoisotopic (exact) mass is 253 g/mol. The molecule has 2 aromatic rings. The summed E-state index contributed by atoms with van der Waals surface area (Å²) in [6.07, 6.45) is 1.49. The van der Waals surface area contributed by atoms with Gasteiger partial charge in [-0.05, 0) is 19.1 Å². The first-order valence-corrected chi connectivity index (χ1v) is 5.76. The van der Waals surface area contributed by atoms with E-state index in [4.69, 9.17) is 11.6 Å². The fraction of sp³-hybridized carbons (Fsp3) is 0.100. The predicted molar refractivity (Wildman–Crippen MR) is 64.1 cm³/mol. The van der Waals surface area contributed by atoms with Crippen molar-refractivity contribution in [2.45, 2.75) is 6.92 Å². The van der Waals surface area contributed by atoms with E-state index in [1.807, 2.05) is 12.3 Å². The number of pyridine rings is 1. The maximum Gasteiger partial charge on any atom is 0.257 e. The SMILES string of the molecule is Cc1csc(NC(=O)c2ccnc(Cl)c2)n1. The molecule has 0 bridgehead atoms. The van der Waals surface area contributed by atoms with Gasteiger partial charge in [0.15, 0.2) is 5.13 Å². The molecule has 1 amide bonds. The van der Waals surface area contributed by atoms with Crippen LogP contribution < -0.4 is 5.32 Å². The Morgan fingerprint density at radius 1 is 1.56 bits per heavy atom. The average molecular weight is 254 g/mol. The van der Waals surface area contributed by atoms with Gasteiger partial charge in [-0.2, -0.15) is 0 Å². The van der Waals surface area contributed by atoms with Crippen molar-refractivity contribution >= 4 is 34.0 Å². The minimum atomic E-state index is -0.237. The second kappa shape index (κ2) is 4.59. The van der Waals surface area contributed by atoms with Gasteiger partial charge in [-0.25, -0.2) is 9.97 Å². The van der Waals surface area contributed by atoms with Gasteiger partial charge >= 0.3 is 0 Å². The first-order chi connectivity index (χ1) is 7.65. The molecule has 0 aliphatic rings. The Kier molecular flexibility index (Phi) is 3.17. The molecule has 2 heterocycles. The molecule has 1 N–H and O–H groups in total. The Bertz CT molecular complexity index is 526. The van der Waals surface area contributed by atoms with Gasteiger partial charge in [-0.3, -0.25) is 10.1 Å². The number of aryl methyl sites for hydroxylation is 1. The van der Waals surface area contributed by atoms with Crippen LogP contribution in [0.25, 0.3) is 0 Å². The molecule has 4 nitrogen and oxygen atoms in total. The highest BCUT2D eigenvalue weighted by atomic mass is 35.5. The van der Waals surface area contributed by atoms with Gasteiger partial charge in [-0.15, -0.1) is 11.3 Å². The summed E-state index contributed by atoms with van der Waals surface area (Å²) in [5, 5.41) is 5.43. The standard InChI is InChI=1S/C10H8ClN3OS/c1-6-5-16-10(13-6)14-9(15)7-2-3-12-8(11)4-7/h2-5H,1H3,(H,13,14,15). The van der Waals surface area contributed by atoms with E-state index in [0.29, 0.717) is 15.8 Å². The number of amides is 1. The van der Waals surface area contributed by atoms with E-state index >= 15 is 0 Å². The number of carbonyl (C=O) groups is 1. The summed E-state index contributed by atoms with van der Waals surface area (Å²) < 4.78 is 0. The molecule has 0 unspecified atom stereocenters. The molecule has 0 aliphatic heterocycles. The third kappa shape index (κ3) is 2.56.